The van der Waals surface area contributed by atoms with Crippen molar-refractivity contribution in [1.82, 2.24) is 0 Å². The maximum Gasteiger partial charge on any atom is 0.460 e. The highest BCUT2D eigenvalue weighted by molar-refractivity contribution is 7.86. The van der Waals surface area contributed by atoms with E-state index in [1.807, 2.05) is 4.74 Å². The van der Waals surface area contributed by atoms with Gasteiger partial charge in [-0.25, -0.2) is 9.13 Å². The summed E-state index contributed by atoms with van der Waals surface area (Å²) < 4.78 is 208. The van der Waals surface area contributed by atoms with E-state index in [1.54, 1.807) is 0 Å². The Bertz CT molecular complexity index is 680. The second-order valence-corrected chi connectivity index (χ2v) is 6.20. The van der Waals surface area contributed by atoms with Crippen LogP contribution in [0.1, 0.15) is 6.92 Å². The summed E-state index contributed by atoms with van der Waals surface area (Å²) in [6.07, 6.45) is -28.9. The van der Waals surface area contributed by atoms with Crippen molar-refractivity contribution in [2.75, 3.05) is 0 Å². The van der Waals surface area contributed by atoms with E-state index in [2.05, 4.69) is 0 Å². The van der Waals surface area contributed by atoms with Gasteiger partial charge in [0.15, 0.2) is 0 Å². The van der Waals surface area contributed by atoms with Crippen molar-refractivity contribution in [2.24, 2.45) is 0 Å². The molecule has 1 unspecified atom stereocenters. The molecule has 0 saturated heterocycles. The average molecular weight is 478 g/mol. The Morgan fingerprint density at radius 2 is 0.964 bits per heavy atom. The minimum atomic E-state index is -7.35. The molecule has 0 aromatic heterocycles. The molecule has 0 rings (SSSR count). The fraction of sp³-hybridized carbons (Fsp3) is 1.00. The molecule has 28 heavy (non-hydrogen) atoms. The molecule has 0 aliphatic carbocycles. The zero-order valence-corrected chi connectivity index (χ0v) is 13.1. The Morgan fingerprint density at radius 3 is 1.25 bits per heavy atom. The van der Waals surface area contributed by atoms with Gasteiger partial charge in [-0.1, -0.05) is 0 Å². The number of rotatable bonds is 8. The normalized spacial score (nSPS) is 18.1. The molecular weight excluding hydrogens is 474 g/mol. The van der Waals surface area contributed by atoms with E-state index in [-0.39, 0.29) is 0 Å². The van der Waals surface area contributed by atoms with E-state index in [1.165, 1.54) is 4.74 Å². The molecule has 0 amide bonds. The quantitative estimate of drug-likeness (QED) is 0.419. The zero-order valence-electron chi connectivity index (χ0n) is 12.3. The van der Waals surface area contributed by atoms with Crippen LogP contribution >= 0.6 is 0 Å². The van der Waals surface area contributed by atoms with Gasteiger partial charge < -0.3 is 0 Å². The van der Waals surface area contributed by atoms with Gasteiger partial charge >= 0.3 is 45.8 Å². The number of hydrogen-bond donors (Lipinski definition) is 1. The van der Waals surface area contributed by atoms with Crippen LogP contribution in [0.4, 0.5) is 61.5 Å². The Balaban J connectivity index is 5.98. The Hall–Kier alpha value is -1.15. The lowest BCUT2D eigenvalue weighted by molar-refractivity contribution is -0.528. The van der Waals surface area contributed by atoms with E-state index < -0.39 is 58.6 Å². The molecule has 1 N–H and O–H groups in total. The average Bonchev–Trinajstić information content (AvgIpc) is 2.32. The molecule has 0 spiro atoms. The molecule has 0 heterocycles. The predicted molar refractivity (Wildman–Crippen MR) is 54.0 cm³/mol. The standard InChI is InChI=1S/C8H4F14O5S/c1-2(9,3(10,11)4(12,13)14)26-5(15,16)6(17,18)27-7(19,20)8(21,22)28(23,24)25/h1H3,(H,23,24,25). The third-order valence-corrected chi connectivity index (χ3v) is 3.38. The van der Waals surface area contributed by atoms with Gasteiger partial charge in [0.05, 0.1) is 0 Å². The lowest BCUT2D eigenvalue weighted by Crippen LogP contribution is -2.61. The van der Waals surface area contributed by atoms with Crippen LogP contribution in [0.15, 0.2) is 0 Å². The number of hydrogen-bond acceptors (Lipinski definition) is 4. The summed E-state index contributed by atoms with van der Waals surface area (Å²) in [5.74, 6) is -13.1. The van der Waals surface area contributed by atoms with Crippen molar-refractivity contribution < 1.29 is 83.9 Å². The minimum Gasteiger partial charge on any atom is -0.281 e. The first-order chi connectivity index (χ1) is 11.7. The molecule has 20 heteroatoms. The first-order valence-electron chi connectivity index (χ1n) is 5.68. The monoisotopic (exact) mass is 478 g/mol. The van der Waals surface area contributed by atoms with E-state index in [0.717, 1.165) is 0 Å². The number of ether oxygens (including phenoxy) is 2. The van der Waals surface area contributed by atoms with Crippen molar-refractivity contribution in [3.05, 3.63) is 0 Å². The smallest absolute Gasteiger partial charge is 0.281 e. The minimum absolute atomic E-state index is 1.20. The Kier molecular flexibility index (Phi) is 6.41. The van der Waals surface area contributed by atoms with Gasteiger partial charge in [-0.05, 0) is 0 Å². The number of halogens is 14. The topological polar surface area (TPSA) is 72.8 Å². The molecule has 0 saturated carbocycles. The Morgan fingerprint density at radius 1 is 0.643 bits per heavy atom. The van der Waals surface area contributed by atoms with E-state index in [4.69, 9.17) is 4.55 Å². The van der Waals surface area contributed by atoms with Crippen LogP contribution in [-0.4, -0.2) is 54.5 Å². The molecule has 170 valence electrons. The molecule has 0 aromatic carbocycles. The van der Waals surface area contributed by atoms with Crippen LogP contribution in [0.25, 0.3) is 0 Å². The van der Waals surface area contributed by atoms with Gasteiger partial charge in [-0.3, -0.25) is 9.29 Å². The predicted octanol–water partition coefficient (Wildman–Crippen LogP) is 4.16. The maximum absolute atomic E-state index is 13.2. The van der Waals surface area contributed by atoms with Gasteiger partial charge in [0.1, 0.15) is 0 Å². The van der Waals surface area contributed by atoms with Gasteiger partial charge in [0, 0.05) is 6.92 Å². The van der Waals surface area contributed by atoms with Gasteiger partial charge in [-0.15, -0.1) is 0 Å². The van der Waals surface area contributed by atoms with Crippen LogP contribution < -0.4 is 0 Å². The molecule has 0 bridgehead atoms. The highest BCUT2D eigenvalue weighted by atomic mass is 32.2. The Labute approximate surface area is 143 Å². The summed E-state index contributed by atoms with van der Waals surface area (Å²) in [5.41, 5.74) is 0. The molecule has 0 radical (unpaired) electrons. The first kappa shape index (κ1) is 26.9. The summed E-state index contributed by atoms with van der Waals surface area (Å²) >= 11 is 0. The third-order valence-electron chi connectivity index (χ3n) is 2.49. The van der Waals surface area contributed by atoms with Gasteiger partial charge in [0.2, 0.25) is 0 Å². The van der Waals surface area contributed by atoms with Crippen molar-refractivity contribution in [1.29, 1.82) is 0 Å². The van der Waals surface area contributed by atoms with Crippen LogP contribution in [0.3, 0.4) is 0 Å². The molecule has 0 aliphatic rings. The van der Waals surface area contributed by atoms with Gasteiger partial charge in [0.25, 0.3) is 5.85 Å². The molecule has 5 nitrogen and oxygen atoms in total. The van der Waals surface area contributed by atoms with Crippen LogP contribution in [0.5, 0.6) is 0 Å². The summed E-state index contributed by atoms with van der Waals surface area (Å²) in [6, 6.07) is 0. The second-order valence-electron chi connectivity index (χ2n) is 4.74. The largest absolute Gasteiger partial charge is 0.460 e. The molecule has 1 atom stereocenters. The SMILES string of the molecule is CC(F)(OC(F)(F)C(F)(F)OC(F)(F)C(F)(F)S(=O)(=O)O)C(F)(F)C(F)(F)F. The van der Waals surface area contributed by atoms with Crippen LogP contribution in [0.2, 0.25) is 0 Å². The zero-order chi connectivity index (χ0) is 23.4. The summed E-state index contributed by atoms with van der Waals surface area (Å²) in [5, 5.41) is -7.06. The van der Waals surface area contributed by atoms with Crippen molar-refractivity contribution >= 4 is 10.1 Å². The van der Waals surface area contributed by atoms with Crippen molar-refractivity contribution in [3.63, 3.8) is 0 Å². The molecule has 0 fully saturated rings. The highest BCUT2D eigenvalue weighted by Crippen LogP contribution is 2.52. The van der Waals surface area contributed by atoms with Crippen LogP contribution in [-0.2, 0) is 19.6 Å². The van der Waals surface area contributed by atoms with E-state index in [0.29, 0.717) is 0 Å². The second kappa shape index (κ2) is 6.69. The summed E-state index contributed by atoms with van der Waals surface area (Å²) in [6.45, 7) is -1.20. The summed E-state index contributed by atoms with van der Waals surface area (Å²) in [7, 11) is -7.33. The maximum atomic E-state index is 13.2. The van der Waals surface area contributed by atoms with Crippen molar-refractivity contribution in [2.45, 2.75) is 48.5 Å². The fourth-order valence-corrected chi connectivity index (χ4v) is 1.39. The lowest BCUT2D eigenvalue weighted by atomic mass is 10.1. The van der Waals surface area contributed by atoms with E-state index >= 15 is 0 Å². The molecular formula is C8H4F14O5S. The van der Waals surface area contributed by atoms with Crippen LogP contribution in [0, 0.1) is 0 Å². The molecule has 0 aromatic rings. The lowest BCUT2D eigenvalue weighted by Gasteiger charge is -2.36. The van der Waals surface area contributed by atoms with E-state index in [9.17, 15) is 69.9 Å². The van der Waals surface area contributed by atoms with Gasteiger partial charge in [-0.2, -0.15) is 65.5 Å². The van der Waals surface area contributed by atoms with Crippen molar-refractivity contribution in [3.8, 4) is 0 Å². The molecule has 0 aliphatic heterocycles. The summed E-state index contributed by atoms with van der Waals surface area (Å²) in [4.78, 5) is 0. The fourth-order valence-electron chi connectivity index (χ4n) is 1.05. The highest BCUT2D eigenvalue weighted by Gasteiger charge is 2.78. The third kappa shape index (κ3) is 4.53. The first-order valence-corrected chi connectivity index (χ1v) is 7.12. The number of alkyl halides is 14.